The Morgan fingerprint density at radius 2 is 1.70 bits per heavy atom. The first-order valence-electron chi connectivity index (χ1n) is 12.3. The van der Waals surface area contributed by atoms with E-state index < -0.39 is 0 Å². The first-order chi connectivity index (χ1) is 19.4. The van der Waals surface area contributed by atoms with E-state index in [1.807, 2.05) is 30.3 Å². The molecule has 0 amide bonds. The van der Waals surface area contributed by atoms with Gasteiger partial charge in [0, 0.05) is 39.8 Å². The molecular weight excluding hydrogens is 596 g/mol. The number of methoxy groups -OCH3 is 2. The molecule has 0 aliphatic carbocycles. The molecule has 202 valence electrons. The van der Waals surface area contributed by atoms with Crippen LogP contribution in [0.2, 0.25) is 5.02 Å². The molecule has 0 saturated carbocycles. The highest BCUT2D eigenvalue weighted by atomic mass is 79.9. The van der Waals surface area contributed by atoms with Gasteiger partial charge in [0.05, 0.1) is 31.8 Å². The zero-order chi connectivity index (χ0) is 28.2. The number of pyridine rings is 2. The number of ketones is 1. The first kappa shape index (κ1) is 27.4. The van der Waals surface area contributed by atoms with Crippen molar-refractivity contribution in [2.24, 2.45) is 0 Å². The molecule has 0 aliphatic heterocycles. The van der Waals surface area contributed by atoms with Gasteiger partial charge < -0.3 is 18.8 Å². The van der Waals surface area contributed by atoms with Crippen LogP contribution in [0, 0.1) is 0 Å². The number of fused-ring (bicyclic) bond motifs is 1. The van der Waals surface area contributed by atoms with Gasteiger partial charge in [-0.05, 0) is 57.4 Å². The molecule has 0 atom stereocenters. The summed E-state index contributed by atoms with van der Waals surface area (Å²) in [7, 11) is 3.13. The van der Waals surface area contributed by atoms with Crippen LogP contribution < -0.4 is 19.8 Å². The van der Waals surface area contributed by atoms with Crippen LogP contribution in [0.1, 0.15) is 21.5 Å². The molecule has 0 bridgehead atoms. The Bertz CT molecular complexity index is 1770. The van der Waals surface area contributed by atoms with E-state index in [-0.39, 0.29) is 23.3 Å². The fourth-order valence-corrected chi connectivity index (χ4v) is 5.08. The van der Waals surface area contributed by atoms with Crippen molar-refractivity contribution >= 4 is 44.2 Å². The van der Waals surface area contributed by atoms with Gasteiger partial charge in [0.15, 0.2) is 17.3 Å². The van der Waals surface area contributed by atoms with E-state index in [1.165, 1.54) is 4.57 Å². The second-order valence-electron chi connectivity index (χ2n) is 8.98. The predicted octanol–water partition coefficient (Wildman–Crippen LogP) is 7.10. The highest BCUT2D eigenvalue weighted by Crippen LogP contribution is 2.37. The summed E-state index contributed by atoms with van der Waals surface area (Å²) in [4.78, 5) is 30.8. The molecule has 3 aromatic carbocycles. The van der Waals surface area contributed by atoms with Gasteiger partial charge in [-0.3, -0.25) is 14.6 Å². The number of rotatable bonds is 9. The highest BCUT2D eigenvalue weighted by Gasteiger charge is 2.17. The van der Waals surface area contributed by atoms with Crippen LogP contribution >= 0.6 is 27.5 Å². The fraction of sp³-hybridized carbons (Fsp3) is 0.129. The lowest BCUT2D eigenvalue weighted by Gasteiger charge is -2.13. The van der Waals surface area contributed by atoms with Gasteiger partial charge >= 0.3 is 0 Å². The third kappa shape index (κ3) is 5.88. The summed E-state index contributed by atoms with van der Waals surface area (Å²) in [5.74, 6) is 1.82. The minimum atomic E-state index is -0.357. The molecule has 0 radical (unpaired) electrons. The number of hydrogen-bond donors (Lipinski definition) is 0. The first-order valence-corrected chi connectivity index (χ1v) is 13.5. The van der Waals surface area contributed by atoms with Crippen LogP contribution in [-0.4, -0.2) is 29.6 Å². The summed E-state index contributed by atoms with van der Waals surface area (Å²) in [6.07, 6.45) is 3.28. The Kier molecular flexibility index (Phi) is 8.19. The maximum Gasteiger partial charge on any atom is 0.261 e. The van der Waals surface area contributed by atoms with Crippen LogP contribution in [0.4, 0.5) is 0 Å². The second kappa shape index (κ2) is 11.9. The Balaban J connectivity index is 1.37. The predicted molar refractivity (Wildman–Crippen MR) is 158 cm³/mol. The molecule has 0 saturated heterocycles. The molecule has 0 aliphatic rings. The monoisotopic (exact) mass is 618 g/mol. The van der Waals surface area contributed by atoms with Crippen molar-refractivity contribution in [3.63, 3.8) is 0 Å². The average molecular weight is 620 g/mol. The number of Topliss-reactive ketones (excluding diaryl/α,β-unsaturated/α-hetero) is 1. The standard InChI is InChI=1S/C31H24BrClN2O5/c1-38-29-15-23-26(16-30(29)39-2)34-11-10-28(23)40-22-9-8-20(25(33)14-22)12-27(36)24-13-21(32)18-35(31(24)37)17-19-6-4-3-5-7-19/h3-11,13-16,18H,12,17H2,1-2H3. The summed E-state index contributed by atoms with van der Waals surface area (Å²) in [6.45, 7) is 0.356. The van der Waals surface area contributed by atoms with E-state index in [4.69, 9.17) is 25.8 Å². The Hall–Kier alpha value is -4.14. The summed E-state index contributed by atoms with van der Waals surface area (Å²) < 4.78 is 19.1. The molecule has 7 nitrogen and oxygen atoms in total. The lowest BCUT2D eigenvalue weighted by molar-refractivity contribution is 0.0991. The fourth-order valence-electron chi connectivity index (χ4n) is 4.36. The van der Waals surface area contributed by atoms with Gasteiger partial charge in [-0.2, -0.15) is 0 Å². The SMILES string of the molecule is COc1cc2nccc(Oc3ccc(CC(=O)c4cc(Br)cn(Cc5ccccc5)c4=O)c(Cl)c3)c2cc1OC. The van der Waals surface area contributed by atoms with Crippen LogP contribution in [-0.2, 0) is 13.0 Å². The number of ether oxygens (including phenoxy) is 3. The van der Waals surface area contributed by atoms with E-state index >= 15 is 0 Å². The Morgan fingerprint density at radius 3 is 2.42 bits per heavy atom. The van der Waals surface area contributed by atoms with E-state index in [2.05, 4.69) is 20.9 Å². The number of benzene rings is 3. The van der Waals surface area contributed by atoms with E-state index in [0.717, 1.165) is 10.9 Å². The smallest absolute Gasteiger partial charge is 0.261 e. The van der Waals surface area contributed by atoms with Crippen molar-refractivity contribution in [3.05, 3.63) is 122 Å². The topological polar surface area (TPSA) is 79.7 Å². The number of halogens is 2. The molecule has 0 spiro atoms. The molecule has 9 heteroatoms. The summed E-state index contributed by atoms with van der Waals surface area (Å²) in [5, 5.41) is 1.08. The number of aromatic nitrogens is 2. The van der Waals surface area contributed by atoms with Crippen LogP contribution in [0.3, 0.4) is 0 Å². The molecule has 40 heavy (non-hydrogen) atoms. The van der Waals surface area contributed by atoms with Crippen LogP contribution in [0.15, 0.2) is 94.5 Å². The number of carbonyl (C=O) groups is 1. The summed E-state index contributed by atoms with van der Waals surface area (Å²) >= 11 is 10.00. The molecule has 2 aromatic heterocycles. The minimum absolute atomic E-state index is 0.0364. The van der Waals surface area contributed by atoms with E-state index in [9.17, 15) is 9.59 Å². The molecule has 0 fully saturated rings. The Morgan fingerprint density at radius 1 is 0.950 bits per heavy atom. The Labute approximate surface area is 244 Å². The van der Waals surface area contributed by atoms with Crippen LogP contribution in [0.25, 0.3) is 10.9 Å². The number of carbonyl (C=O) groups excluding carboxylic acids is 1. The van der Waals surface area contributed by atoms with Gasteiger partial charge in [-0.15, -0.1) is 0 Å². The third-order valence-corrected chi connectivity index (χ3v) is 7.14. The van der Waals surface area contributed by atoms with Crippen molar-refractivity contribution in [1.82, 2.24) is 9.55 Å². The van der Waals surface area contributed by atoms with Crippen molar-refractivity contribution in [2.45, 2.75) is 13.0 Å². The number of nitrogens with zero attached hydrogens (tertiary/aromatic N) is 2. The van der Waals surface area contributed by atoms with Crippen molar-refractivity contribution in [2.75, 3.05) is 14.2 Å². The van der Waals surface area contributed by atoms with Gasteiger partial charge in [0.2, 0.25) is 0 Å². The highest BCUT2D eigenvalue weighted by molar-refractivity contribution is 9.10. The number of hydrogen-bond acceptors (Lipinski definition) is 6. The van der Waals surface area contributed by atoms with Crippen molar-refractivity contribution < 1.29 is 19.0 Å². The normalized spacial score (nSPS) is 10.9. The van der Waals surface area contributed by atoms with Gasteiger partial charge in [0.25, 0.3) is 5.56 Å². The van der Waals surface area contributed by atoms with E-state index in [0.29, 0.717) is 50.1 Å². The minimum Gasteiger partial charge on any atom is -0.493 e. The van der Waals surface area contributed by atoms with Gasteiger partial charge in [-0.1, -0.05) is 48.0 Å². The quantitative estimate of drug-likeness (QED) is 0.164. The second-order valence-corrected chi connectivity index (χ2v) is 10.3. The maximum atomic E-state index is 13.2. The van der Waals surface area contributed by atoms with E-state index in [1.54, 1.807) is 69.1 Å². The largest absolute Gasteiger partial charge is 0.493 e. The molecule has 0 unspecified atom stereocenters. The lowest BCUT2D eigenvalue weighted by atomic mass is 10.0. The summed E-state index contributed by atoms with van der Waals surface area (Å²) in [5.41, 5.74) is 1.95. The maximum absolute atomic E-state index is 13.2. The zero-order valence-corrected chi connectivity index (χ0v) is 24.0. The lowest BCUT2D eigenvalue weighted by Crippen LogP contribution is -2.27. The molecular formula is C31H24BrClN2O5. The van der Waals surface area contributed by atoms with Gasteiger partial charge in [-0.25, -0.2) is 0 Å². The summed E-state index contributed by atoms with van der Waals surface area (Å²) in [6, 6.07) is 21.6. The van der Waals surface area contributed by atoms with Crippen molar-refractivity contribution in [1.29, 1.82) is 0 Å². The zero-order valence-electron chi connectivity index (χ0n) is 21.7. The molecule has 0 N–H and O–H groups in total. The molecule has 2 heterocycles. The molecule has 5 aromatic rings. The van der Waals surface area contributed by atoms with Crippen LogP contribution in [0.5, 0.6) is 23.0 Å². The van der Waals surface area contributed by atoms with Crippen molar-refractivity contribution in [3.8, 4) is 23.0 Å². The average Bonchev–Trinajstić information content (AvgIpc) is 2.96. The third-order valence-electron chi connectivity index (χ3n) is 6.36. The van der Waals surface area contributed by atoms with Gasteiger partial charge in [0.1, 0.15) is 11.5 Å². The molecule has 5 rings (SSSR count).